The fourth-order valence-electron chi connectivity index (χ4n) is 2.10. The van der Waals surface area contributed by atoms with Crippen molar-refractivity contribution in [3.63, 3.8) is 0 Å². The van der Waals surface area contributed by atoms with E-state index in [0.29, 0.717) is 18.2 Å². The minimum absolute atomic E-state index is 0.478. The van der Waals surface area contributed by atoms with Crippen molar-refractivity contribution >= 4 is 22.6 Å². The van der Waals surface area contributed by atoms with Gasteiger partial charge in [0.25, 0.3) is 0 Å². The zero-order valence-electron chi connectivity index (χ0n) is 9.46. The second kappa shape index (κ2) is 4.49. The first kappa shape index (κ1) is 10.8. The lowest BCUT2D eigenvalue weighted by Crippen LogP contribution is -2.14. The van der Waals surface area contributed by atoms with Gasteiger partial charge in [-0.1, -0.05) is 19.3 Å². The zero-order valence-corrected chi connectivity index (χ0v) is 10.3. The molecule has 0 unspecified atom stereocenters. The van der Waals surface area contributed by atoms with Crippen LogP contribution >= 0.6 is 11.3 Å². The molecule has 0 aromatic carbocycles. The first-order chi connectivity index (χ1) is 8.38. The number of rotatable bonds is 5. The molecule has 0 saturated heterocycles. The number of aldehydes is 1. The number of hydrogen-bond acceptors (Lipinski definition) is 4. The van der Waals surface area contributed by atoms with Gasteiger partial charge in [-0.2, -0.15) is 4.98 Å². The van der Waals surface area contributed by atoms with Crippen LogP contribution in [0.25, 0.3) is 4.96 Å². The number of carbonyl (C=O) groups is 1. The number of thiazole rings is 1. The first-order valence-corrected chi connectivity index (χ1v) is 6.80. The average molecular weight is 250 g/mol. The Hall–Kier alpha value is -1.36. The Labute approximate surface area is 103 Å². The highest BCUT2D eigenvalue weighted by Gasteiger charge is 2.18. The standard InChI is InChI=1S/C12H14N2O2S/c15-8-10-11(13-12-14(10)5-7-17-12)16-6-4-9-2-1-3-9/h5,7-9H,1-4,6H2. The fourth-order valence-corrected chi connectivity index (χ4v) is 2.81. The van der Waals surface area contributed by atoms with Gasteiger partial charge >= 0.3 is 0 Å². The van der Waals surface area contributed by atoms with E-state index in [-0.39, 0.29) is 0 Å². The molecule has 0 atom stereocenters. The Balaban J connectivity index is 1.70. The van der Waals surface area contributed by atoms with Gasteiger partial charge in [0.05, 0.1) is 6.61 Å². The third-order valence-corrected chi connectivity index (χ3v) is 4.12. The molecule has 90 valence electrons. The lowest BCUT2D eigenvalue weighted by molar-refractivity contribution is 0.111. The summed E-state index contributed by atoms with van der Waals surface area (Å²) in [4.78, 5) is 16.2. The van der Waals surface area contributed by atoms with Crippen LogP contribution < -0.4 is 4.74 Å². The maximum absolute atomic E-state index is 11.0. The molecule has 0 bridgehead atoms. The molecule has 2 aromatic heterocycles. The molecule has 4 nitrogen and oxygen atoms in total. The number of imidazole rings is 1. The molecule has 2 heterocycles. The number of fused-ring (bicyclic) bond motifs is 1. The maximum Gasteiger partial charge on any atom is 0.244 e. The molecule has 1 aliphatic carbocycles. The monoisotopic (exact) mass is 250 g/mol. The van der Waals surface area contributed by atoms with Gasteiger partial charge in [0.15, 0.2) is 16.9 Å². The van der Waals surface area contributed by atoms with E-state index < -0.39 is 0 Å². The van der Waals surface area contributed by atoms with Crippen LogP contribution in [0.15, 0.2) is 11.6 Å². The van der Waals surface area contributed by atoms with Crippen LogP contribution in [-0.4, -0.2) is 22.3 Å². The van der Waals surface area contributed by atoms with Crippen molar-refractivity contribution in [2.75, 3.05) is 6.61 Å². The zero-order chi connectivity index (χ0) is 11.7. The molecule has 3 rings (SSSR count). The van der Waals surface area contributed by atoms with Gasteiger partial charge in [0, 0.05) is 11.6 Å². The average Bonchev–Trinajstić information content (AvgIpc) is 2.81. The summed E-state index contributed by atoms with van der Waals surface area (Å²) < 4.78 is 7.40. The summed E-state index contributed by atoms with van der Waals surface area (Å²) in [6.45, 7) is 0.663. The quantitative estimate of drug-likeness (QED) is 0.766. The minimum atomic E-state index is 0.478. The van der Waals surface area contributed by atoms with E-state index in [1.54, 1.807) is 4.40 Å². The van der Waals surface area contributed by atoms with Gasteiger partial charge in [0.1, 0.15) is 0 Å². The Morgan fingerprint density at radius 3 is 3.18 bits per heavy atom. The second-order valence-electron chi connectivity index (χ2n) is 4.41. The molecule has 1 fully saturated rings. The lowest BCUT2D eigenvalue weighted by atomic mass is 9.83. The van der Waals surface area contributed by atoms with E-state index in [1.165, 1.54) is 30.6 Å². The van der Waals surface area contributed by atoms with Crippen molar-refractivity contribution in [1.82, 2.24) is 9.38 Å². The highest BCUT2D eigenvalue weighted by Crippen LogP contribution is 2.29. The predicted molar refractivity (Wildman–Crippen MR) is 65.9 cm³/mol. The molecule has 0 aliphatic heterocycles. The van der Waals surface area contributed by atoms with Gasteiger partial charge in [0.2, 0.25) is 5.88 Å². The van der Waals surface area contributed by atoms with E-state index in [1.807, 2.05) is 11.6 Å². The van der Waals surface area contributed by atoms with Crippen molar-refractivity contribution in [1.29, 1.82) is 0 Å². The molecule has 17 heavy (non-hydrogen) atoms. The summed E-state index contributed by atoms with van der Waals surface area (Å²) in [6, 6.07) is 0. The van der Waals surface area contributed by atoms with E-state index in [0.717, 1.165) is 23.6 Å². The summed E-state index contributed by atoms with van der Waals surface area (Å²) >= 11 is 1.51. The Morgan fingerprint density at radius 2 is 2.47 bits per heavy atom. The number of ether oxygens (including phenoxy) is 1. The number of nitrogens with zero attached hydrogens (tertiary/aromatic N) is 2. The molecule has 0 amide bonds. The highest BCUT2D eigenvalue weighted by molar-refractivity contribution is 7.15. The van der Waals surface area contributed by atoms with Gasteiger partial charge in [-0.25, -0.2) is 0 Å². The van der Waals surface area contributed by atoms with Gasteiger partial charge in [-0.3, -0.25) is 9.20 Å². The van der Waals surface area contributed by atoms with Crippen LogP contribution in [0.5, 0.6) is 5.88 Å². The first-order valence-electron chi connectivity index (χ1n) is 5.92. The van der Waals surface area contributed by atoms with Crippen LogP contribution in [0.3, 0.4) is 0 Å². The summed E-state index contributed by atoms with van der Waals surface area (Å²) in [5.74, 6) is 1.30. The van der Waals surface area contributed by atoms with Crippen LogP contribution in [0, 0.1) is 5.92 Å². The normalized spacial score (nSPS) is 16.0. The summed E-state index contributed by atoms with van der Waals surface area (Å²) in [7, 11) is 0. The van der Waals surface area contributed by atoms with Gasteiger partial charge in [-0.15, -0.1) is 11.3 Å². The van der Waals surface area contributed by atoms with E-state index in [4.69, 9.17) is 4.74 Å². The number of hydrogen-bond donors (Lipinski definition) is 0. The van der Waals surface area contributed by atoms with Gasteiger partial charge in [-0.05, 0) is 12.3 Å². The van der Waals surface area contributed by atoms with Crippen molar-refractivity contribution in [2.45, 2.75) is 25.7 Å². The highest BCUT2D eigenvalue weighted by atomic mass is 32.1. The molecule has 0 radical (unpaired) electrons. The second-order valence-corrected chi connectivity index (χ2v) is 5.28. The third kappa shape index (κ3) is 1.95. The Kier molecular flexibility index (Phi) is 2.84. The largest absolute Gasteiger partial charge is 0.476 e. The van der Waals surface area contributed by atoms with Crippen molar-refractivity contribution in [3.05, 3.63) is 17.3 Å². The topological polar surface area (TPSA) is 43.6 Å². The molecule has 1 aliphatic rings. The van der Waals surface area contributed by atoms with Crippen LogP contribution in [0.4, 0.5) is 0 Å². The van der Waals surface area contributed by atoms with Crippen LogP contribution in [0.1, 0.15) is 36.2 Å². The molecule has 0 spiro atoms. The van der Waals surface area contributed by atoms with Crippen LogP contribution in [0.2, 0.25) is 0 Å². The maximum atomic E-state index is 11.0. The van der Waals surface area contributed by atoms with Crippen molar-refractivity contribution < 1.29 is 9.53 Å². The lowest BCUT2D eigenvalue weighted by Gasteiger charge is -2.24. The molecule has 2 aromatic rings. The Bertz CT molecular complexity index is 528. The molecular weight excluding hydrogens is 236 g/mol. The minimum Gasteiger partial charge on any atom is -0.476 e. The third-order valence-electron chi connectivity index (χ3n) is 3.37. The van der Waals surface area contributed by atoms with Crippen molar-refractivity contribution in [2.24, 2.45) is 5.92 Å². The predicted octanol–water partition coefficient (Wildman–Crippen LogP) is 2.78. The molecule has 0 N–H and O–H groups in total. The van der Waals surface area contributed by atoms with E-state index in [2.05, 4.69) is 4.98 Å². The molecule has 5 heteroatoms. The fraction of sp³-hybridized carbons (Fsp3) is 0.500. The van der Waals surface area contributed by atoms with Gasteiger partial charge < -0.3 is 4.74 Å². The summed E-state index contributed by atoms with van der Waals surface area (Å²) in [5, 5.41) is 1.91. The van der Waals surface area contributed by atoms with E-state index in [9.17, 15) is 4.79 Å². The summed E-state index contributed by atoms with van der Waals surface area (Å²) in [6.07, 6.45) is 7.72. The van der Waals surface area contributed by atoms with Crippen LogP contribution in [-0.2, 0) is 0 Å². The number of carbonyl (C=O) groups excluding carboxylic acids is 1. The number of aromatic nitrogens is 2. The smallest absolute Gasteiger partial charge is 0.244 e. The molecular formula is C12H14N2O2S. The van der Waals surface area contributed by atoms with Crippen molar-refractivity contribution in [3.8, 4) is 5.88 Å². The SMILES string of the molecule is O=Cc1c(OCCC2CCC2)nc2sccn12. The summed E-state index contributed by atoms with van der Waals surface area (Å²) in [5.41, 5.74) is 0.523. The van der Waals surface area contributed by atoms with E-state index >= 15 is 0 Å². The Morgan fingerprint density at radius 1 is 1.59 bits per heavy atom. The molecule has 1 saturated carbocycles.